The average molecular weight is 302 g/mol. The SMILES string of the molecule is COCC1(CNS(=O)(=O)c2cn(C)c(C)n2)CCCN1. The lowest BCUT2D eigenvalue weighted by atomic mass is 9.99. The zero-order valence-corrected chi connectivity index (χ0v) is 13.0. The van der Waals surface area contributed by atoms with Crippen LogP contribution in [-0.2, 0) is 21.8 Å². The lowest BCUT2D eigenvalue weighted by Gasteiger charge is -2.28. The molecule has 0 radical (unpaired) electrons. The van der Waals surface area contributed by atoms with Gasteiger partial charge in [-0.25, -0.2) is 18.1 Å². The largest absolute Gasteiger partial charge is 0.383 e. The number of sulfonamides is 1. The Morgan fingerprint density at radius 1 is 1.60 bits per heavy atom. The third kappa shape index (κ3) is 3.20. The van der Waals surface area contributed by atoms with E-state index in [0.29, 0.717) is 19.0 Å². The highest BCUT2D eigenvalue weighted by Crippen LogP contribution is 2.19. The molecule has 1 aliphatic heterocycles. The number of rotatable bonds is 6. The van der Waals surface area contributed by atoms with Crippen molar-refractivity contribution in [1.29, 1.82) is 0 Å². The van der Waals surface area contributed by atoms with Crippen molar-refractivity contribution < 1.29 is 13.2 Å². The van der Waals surface area contributed by atoms with Crippen molar-refractivity contribution >= 4 is 10.0 Å². The first-order chi connectivity index (χ1) is 9.38. The molecule has 0 saturated carbocycles. The lowest BCUT2D eigenvalue weighted by molar-refractivity contribution is 0.122. The molecule has 1 aromatic heterocycles. The highest BCUT2D eigenvalue weighted by Gasteiger charge is 2.35. The minimum absolute atomic E-state index is 0.0584. The van der Waals surface area contributed by atoms with Crippen molar-refractivity contribution in [3.63, 3.8) is 0 Å². The molecule has 8 heteroatoms. The number of aromatic nitrogens is 2. The van der Waals surface area contributed by atoms with Crippen molar-refractivity contribution in [3.05, 3.63) is 12.0 Å². The van der Waals surface area contributed by atoms with Crippen molar-refractivity contribution in [3.8, 4) is 0 Å². The van der Waals surface area contributed by atoms with E-state index >= 15 is 0 Å². The molecular formula is C12H22N4O3S. The van der Waals surface area contributed by atoms with Crippen molar-refractivity contribution in [2.24, 2.45) is 7.05 Å². The van der Waals surface area contributed by atoms with Crippen LogP contribution in [0.25, 0.3) is 0 Å². The first kappa shape index (κ1) is 15.4. The Labute approximate surface area is 119 Å². The summed E-state index contributed by atoms with van der Waals surface area (Å²) in [7, 11) is -0.190. The molecule has 1 atom stereocenters. The number of hydrogen-bond acceptors (Lipinski definition) is 5. The third-order valence-corrected chi connectivity index (χ3v) is 4.99. The quantitative estimate of drug-likeness (QED) is 0.758. The van der Waals surface area contributed by atoms with Gasteiger partial charge in [0.05, 0.1) is 12.1 Å². The van der Waals surface area contributed by atoms with Gasteiger partial charge in [0.15, 0.2) is 5.03 Å². The minimum atomic E-state index is -3.58. The van der Waals surface area contributed by atoms with E-state index in [1.165, 1.54) is 6.20 Å². The fourth-order valence-corrected chi connectivity index (χ4v) is 3.60. The third-order valence-electron chi connectivity index (χ3n) is 3.72. The Hall–Kier alpha value is -0.960. The standard InChI is InChI=1S/C12H22N4O3S/c1-10-15-11(7-16(10)2)20(17,18)14-8-12(9-19-3)5-4-6-13-12/h7,13-14H,4-6,8-9H2,1-3H3. The molecule has 0 aromatic carbocycles. The van der Waals surface area contributed by atoms with Crippen molar-refractivity contribution in [2.75, 3.05) is 26.8 Å². The molecular weight excluding hydrogens is 280 g/mol. The van der Waals surface area contributed by atoms with E-state index < -0.39 is 10.0 Å². The van der Waals surface area contributed by atoms with Gasteiger partial charge in [0.25, 0.3) is 10.0 Å². The van der Waals surface area contributed by atoms with Crippen LogP contribution < -0.4 is 10.0 Å². The fraction of sp³-hybridized carbons (Fsp3) is 0.750. The maximum atomic E-state index is 12.2. The summed E-state index contributed by atoms with van der Waals surface area (Å²) in [6, 6.07) is 0. The Kier molecular flexibility index (Phi) is 4.48. The van der Waals surface area contributed by atoms with Gasteiger partial charge in [-0.05, 0) is 26.3 Å². The Bertz CT molecular complexity index is 542. The molecule has 114 valence electrons. The predicted molar refractivity (Wildman–Crippen MR) is 75.0 cm³/mol. The van der Waals surface area contributed by atoms with E-state index in [4.69, 9.17) is 4.74 Å². The maximum Gasteiger partial charge on any atom is 0.259 e. The molecule has 20 heavy (non-hydrogen) atoms. The molecule has 1 aromatic rings. The summed E-state index contributed by atoms with van der Waals surface area (Å²) >= 11 is 0. The number of methoxy groups -OCH3 is 1. The van der Waals surface area contributed by atoms with Crippen LogP contribution in [0.5, 0.6) is 0 Å². The molecule has 0 spiro atoms. The van der Waals surface area contributed by atoms with Crippen LogP contribution in [0.15, 0.2) is 11.2 Å². The van der Waals surface area contributed by atoms with Gasteiger partial charge in [0.1, 0.15) is 5.82 Å². The van der Waals surface area contributed by atoms with Gasteiger partial charge in [0, 0.05) is 26.9 Å². The van der Waals surface area contributed by atoms with Crippen LogP contribution in [0.4, 0.5) is 0 Å². The van der Waals surface area contributed by atoms with E-state index in [0.717, 1.165) is 19.4 Å². The topological polar surface area (TPSA) is 85.2 Å². The number of aryl methyl sites for hydroxylation is 2. The van der Waals surface area contributed by atoms with E-state index in [9.17, 15) is 8.42 Å². The zero-order chi connectivity index (χ0) is 14.8. The predicted octanol–water partition coefficient (Wildman–Crippen LogP) is -0.225. The van der Waals surface area contributed by atoms with Crippen LogP contribution >= 0.6 is 0 Å². The van der Waals surface area contributed by atoms with Gasteiger partial charge < -0.3 is 14.6 Å². The van der Waals surface area contributed by atoms with Gasteiger partial charge >= 0.3 is 0 Å². The van der Waals surface area contributed by atoms with E-state index in [2.05, 4.69) is 15.0 Å². The Balaban J connectivity index is 2.08. The van der Waals surface area contributed by atoms with Gasteiger partial charge in [-0.2, -0.15) is 0 Å². The second-order valence-electron chi connectivity index (χ2n) is 5.31. The first-order valence-corrected chi connectivity index (χ1v) is 8.10. The highest BCUT2D eigenvalue weighted by atomic mass is 32.2. The molecule has 1 unspecified atom stereocenters. The van der Waals surface area contributed by atoms with Crippen LogP contribution in [0, 0.1) is 6.92 Å². The lowest BCUT2D eigenvalue weighted by Crippen LogP contribution is -2.52. The normalized spacial score (nSPS) is 23.4. The van der Waals surface area contributed by atoms with Crippen LogP contribution in [0.1, 0.15) is 18.7 Å². The first-order valence-electron chi connectivity index (χ1n) is 6.62. The minimum Gasteiger partial charge on any atom is -0.383 e. The molecule has 2 heterocycles. The van der Waals surface area contributed by atoms with Crippen LogP contribution in [0.2, 0.25) is 0 Å². The molecule has 7 nitrogen and oxygen atoms in total. The molecule has 0 aliphatic carbocycles. The van der Waals surface area contributed by atoms with E-state index in [1.54, 1.807) is 25.6 Å². The second kappa shape index (κ2) is 5.80. The molecule has 1 fully saturated rings. The number of nitrogens with zero attached hydrogens (tertiary/aromatic N) is 2. The smallest absolute Gasteiger partial charge is 0.259 e. The zero-order valence-electron chi connectivity index (χ0n) is 12.1. The van der Waals surface area contributed by atoms with E-state index in [-0.39, 0.29) is 10.6 Å². The van der Waals surface area contributed by atoms with Gasteiger partial charge in [-0.3, -0.25) is 0 Å². The van der Waals surface area contributed by atoms with Crippen LogP contribution in [-0.4, -0.2) is 50.3 Å². The van der Waals surface area contributed by atoms with Crippen molar-refractivity contribution in [1.82, 2.24) is 19.6 Å². The summed E-state index contributed by atoms with van der Waals surface area (Å²) in [5.74, 6) is 0.663. The molecule has 2 N–H and O–H groups in total. The van der Waals surface area contributed by atoms with Gasteiger partial charge in [-0.1, -0.05) is 0 Å². The number of hydrogen-bond donors (Lipinski definition) is 2. The second-order valence-corrected chi connectivity index (χ2v) is 7.02. The average Bonchev–Trinajstić information content (AvgIpc) is 2.97. The fourth-order valence-electron chi connectivity index (χ4n) is 2.43. The summed E-state index contributed by atoms with van der Waals surface area (Å²) < 4.78 is 34.0. The molecule has 2 rings (SSSR count). The Morgan fingerprint density at radius 2 is 2.35 bits per heavy atom. The summed E-state index contributed by atoms with van der Waals surface area (Å²) in [5.41, 5.74) is -0.314. The molecule has 1 aliphatic rings. The molecule has 0 bridgehead atoms. The monoisotopic (exact) mass is 302 g/mol. The van der Waals surface area contributed by atoms with Gasteiger partial charge in [-0.15, -0.1) is 0 Å². The highest BCUT2D eigenvalue weighted by molar-refractivity contribution is 7.89. The van der Waals surface area contributed by atoms with Crippen LogP contribution in [0.3, 0.4) is 0 Å². The van der Waals surface area contributed by atoms with Crippen molar-refractivity contribution in [2.45, 2.75) is 30.3 Å². The van der Waals surface area contributed by atoms with E-state index in [1.807, 2.05) is 0 Å². The number of nitrogens with one attached hydrogen (secondary N) is 2. The summed E-state index contributed by atoms with van der Waals surface area (Å²) in [6.07, 6.45) is 3.43. The molecule has 0 amide bonds. The Morgan fingerprint density at radius 3 is 2.85 bits per heavy atom. The number of ether oxygens (including phenoxy) is 1. The number of imidazole rings is 1. The molecule has 1 saturated heterocycles. The summed E-state index contributed by atoms with van der Waals surface area (Å²) in [4.78, 5) is 4.06. The maximum absolute atomic E-state index is 12.2. The summed E-state index contributed by atoms with van der Waals surface area (Å²) in [6.45, 7) is 3.44. The van der Waals surface area contributed by atoms with Gasteiger partial charge in [0.2, 0.25) is 0 Å². The summed E-state index contributed by atoms with van der Waals surface area (Å²) in [5, 5.41) is 3.39.